The van der Waals surface area contributed by atoms with Crippen molar-refractivity contribution in [3.8, 4) is 0 Å². The molecular formula is C16H14N2O3. The van der Waals surface area contributed by atoms with Gasteiger partial charge in [0.1, 0.15) is 6.61 Å². The summed E-state index contributed by atoms with van der Waals surface area (Å²) in [5.41, 5.74) is 2.60. The molecule has 0 spiro atoms. The van der Waals surface area contributed by atoms with Gasteiger partial charge in [0.15, 0.2) is 0 Å². The fourth-order valence-corrected chi connectivity index (χ4v) is 2.15. The number of hydrogen-bond donors (Lipinski definition) is 1. The normalized spacial score (nSPS) is 13.4. The summed E-state index contributed by atoms with van der Waals surface area (Å²) in [6.45, 7) is 0.567. The van der Waals surface area contributed by atoms with Gasteiger partial charge in [-0.15, -0.1) is 0 Å². The maximum Gasteiger partial charge on any atom is 0.336 e. The highest BCUT2D eigenvalue weighted by molar-refractivity contribution is 6.39. The van der Waals surface area contributed by atoms with Crippen LogP contribution in [0.5, 0.6) is 0 Å². The lowest BCUT2D eigenvalue weighted by molar-refractivity contribution is -0.200. The zero-order valence-corrected chi connectivity index (χ0v) is 11.3. The number of benzene rings is 2. The Morgan fingerprint density at radius 2 is 1.62 bits per heavy atom. The summed E-state index contributed by atoms with van der Waals surface area (Å²) < 4.78 is 0. The summed E-state index contributed by atoms with van der Waals surface area (Å²) in [5, 5.41) is 3.65. The van der Waals surface area contributed by atoms with Gasteiger partial charge in [-0.25, -0.2) is 5.06 Å². The minimum Gasteiger partial charge on any atom is -0.318 e. The Kier molecular flexibility index (Phi) is 3.66. The van der Waals surface area contributed by atoms with Crippen molar-refractivity contribution in [3.05, 3.63) is 65.7 Å². The van der Waals surface area contributed by atoms with Crippen molar-refractivity contribution >= 4 is 17.5 Å². The molecule has 5 heteroatoms. The Hall–Kier alpha value is -2.66. The number of nitrogens with one attached hydrogen (secondary N) is 1. The third-order valence-electron chi connectivity index (χ3n) is 3.26. The number of anilines is 1. The van der Waals surface area contributed by atoms with Gasteiger partial charge >= 0.3 is 11.8 Å². The number of hydroxylamine groups is 2. The van der Waals surface area contributed by atoms with Crippen LogP contribution in [0.4, 0.5) is 5.69 Å². The van der Waals surface area contributed by atoms with E-state index >= 15 is 0 Å². The second-order valence-corrected chi connectivity index (χ2v) is 4.70. The highest BCUT2D eigenvalue weighted by Gasteiger charge is 2.26. The van der Waals surface area contributed by atoms with Crippen LogP contribution in [0.15, 0.2) is 54.6 Å². The second-order valence-electron chi connectivity index (χ2n) is 4.70. The van der Waals surface area contributed by atoms with Gasteiger partial charge < -0.3 is 5.32 Å². The topological polar surface area (TPSA) is 58.6 Å². The third kappa shape index (κ3) is 2.93. The molecule has 106 valence electrons. The zero-order chi connectivity index (χ0) is 14.7. The molecule has 0 radical (unpaired) electrons. The van der Waals surface area contributed by atoms with Crippen LogP contribution in [-0.4, -0.2) is 16.9 Å². The SMILES string of the molecule is O=C(Nc1ccccc1)C(=O)N1Cc2ccccc2CO1. The second kappa shape index (κ2) is 5.76. The summed E-state index contributed by atoms with van der Waals surface area (Å²) in [6.07, 6.45) is 0. The number of nitrogens with zero attached hydrogens (tertiary/aromatic N) is 1. The first-order valence-corrected chi connectivity index (χ1v) is 6.61. The summed E-state index contributed by atoms with van der Waals surface area (Å²) in [4.78, 5) is 29.4. The molecule has 0 atom stereocenters. The van der Waals surface area contributed by atoms with Crippen molar-refractivity contribution < 1.29 is 14.4 Å². The van der Waals surface area contributed by atoms with E-state index in [9.17, 15) is 9.59 Å². The average Bonchev–Trinajstić information content (AvgIpc) is 2.54. The molecule has 1 N–H and O–H groups in total. The monoisotopic (exact) mass is 282 g/mol. The molecule has 2 amide bonds. The van der Waals surface area contributed by atoms with Crippen molar-refractivity contribution in [1.29, 1.82) is 0 Å². The van der Waals surface area contributed by atoms with Crippen LogP contribution in [0.1, 0.15) is 11.1 Å². The number of amides is 2. The summed E-state index contributed by atoms with van der Waals surface area (Å²) in [7, 11) is 0. The van der Waals surface area contributed by atoms with E-state index in [0.29, 0.717) is 12.3 Å². The first-order chi connectivity index (χ1) is 10.2. The largest absolute Gasteiger partial charge is 0.336 e. The molecule has 1 aliphatic heterocycles. The molecule has 0 fully saturated rings. The Morgan fingerprint density at radius 3 is 2.38 bits per heavy atom. The van der Waals surface area contributed by atoms with Crippen LogP contribution in [-0.2, 0) is 27.6 Å². The molecular weight excluding hydrogens is 268 g/mol. The molecule has 21 heavy (non-hydrogen) atoms. The molecule has 5 nitrogen and oxygen atoms in total. The Bertz CT molecular complexity index is 670. The maximum atomic E-state index is 12.1. The van der Waals surface area contributed by atoms with Gasteiger partial charge in [0.05, 0.1) is 6.54 Å². The van der Waals surface area contributed by atoms with Crippen LogP contribution in [0.3, 0.4) is 0 Å². The minimum absolute atomic E-state index is 0.275. The Labute approximate surface area is 122 Å². The predicted molar refractivity (Wildman–Crippen MR) is 76.9 cm³/mol. The van der Waals surface area contributed by atoms with Gasteiger partial charge in [0, 0.05) is 5.69 Å². The summed E-state index contributed by atoms with van der Waals surface area (Å²) >= 11 is 0. The standard InChI is InChI=1S/C16H14N2O3/c19-15(17-14-8-2-1-3-9-14)16(20)18-10-12-6-4-5-7-13(12)11-21-18/h1-9H,10-11H2,(H,17,19). The molecule has 0 bridgehead atoms. The number of hydrogen-bond acceptors (Lipinski definition) is 3. The van der Waals surface area contributed by atoms with Crippen LogP contribution >= 0.6 is 0 Å². The van der Waals surface area contributed by atoms with Crippen LogP contribution in [0.25, 0.3) is 0 Å². The molecule has 2 aromatic carbocycles. The lowest BCUT2D eigenvalue weighted by Gasteiger charge is -2.27. The quantitative estimate of drug-likeness (QED) is 0.815. The Balaban J connectivity index is 1.68. The summed E-state index contributed by atoms with van der Waals surface area (Å²) in [5.74, 6) is -1.41. The molecule has 0 aromatic heterocycles. The highest BCUT2D eigenvalue weighted by atomic mass is 16.7. The van der Waals surface area contributed by atoms with E-state index in [0.717, 1.165) is 16.2 Å². The van der Waals surface area contributed by atoms with Gasteiger partial charge in [-0.3, -0.25) is 14.4 Å². The number of carbonyl (C=O) groups excluding carboxylic acids is 2. The van der Waals surface area contributed by atoms with Crippen molar-refractivity contribution in [2.75, 3.05) is 5.32 Å². The molecule has 2 aromatic rings. The third-order valence-corrected chi connectivity index (χ3v) is 3.26. The number of fused-ring (bicyclic) bond motifs is 1. The number of para-hydroxylation sites is 1. The predicted octanol–water partition coefficient (Wildman–Crippen LogP) is 2.10. The molecule has 0 saturated carbocycles. The fourth-order valence-electron chi connectivity index (χ4n) is 2.15. The van der Waals surface area contributed by atoms with E-state index in [-0.39, 0.29) is 6.54 Å². The van der Waals surface area contributed by atoms with E-state index in [1.165, 1.54) is 0 Å². The van der Waals surface area contributed by atoms with Gasteiger partial charge in [0.25, 0.3) is 0 Å². The van der Waals surface area contributed by atoms with Crippen molar-refractivity contribution in [1.82, 2.24) is 5.06 Å². The first-order valence-electron chi connectivity index (χ1n) is 6.61. The smallest absolute Gasteiger partial charge is 0.318 e. The van der Waals surface area contributed by atoms with Crippen molar-refractivity contribution in [3.63, 3.8) is 0 Å². The molecule has 1 heterocycles. The van der Waals surface area contributed by atoms with E-state index < -0.39 is 11.8 Å². The van der Waals surface area contributed by atoms with Crippen molar-refractivity contribution in [2.45, 2.75) is 13.2 Å². The van der Waals surface area contributed by atoms with Gasteiger partial charge in [-0.05, 0) is 23.3 Å². The molecule has 0 unspecified atom stereocenters. The lowest BCUT2D eigenvalue weighted by Crippen LogP contribution is -2.41. The van der Waals surface area contributed by atoms with Crippen LogP contribution in [0.2, 0.25) is 0 Å². The maximum absolute atomic E-state index is 12.1. The molecule has 1 aliphatic rings. The average molecular weight is 282 g/mol. The van der Waals surface area contributed by atoms with Gasteiger partial charge in [-0.1, -0.05) is 42.5 Å². The van der Waals surface area contributed by atoms with E-state index in [1.807, 2.05) is 30.3 Å². The molecule has 3 rings (SSSR count). The van der Waals surface area contributed by atoms with E-state index in [4.69, 9.17) is 4.84 Å². The highest BCUT2D eigenvalue weighted by Crippen LogP contribution is 2.19. The van der Waals surface area contributed by atoms with Gasteiger partial charge in [0.2, 0.25) is 0 Å². The minimum atomic E-state index is -0.708. The van der Waals surface area contributed by atoms with Gasteiger partial charge in [-0.2, -0.15) is 0 Å². The molecule has 0 aliphatic carbocycles. The lowest BCUT2D eigenvalue weighted by atomic mass is 10.1. The van der Waals surface area contributed by atoms with E-state index in [1.54, 1.807) is 24.3 Å². The summed E-state index contributed by atoms with van der Waals surface area (Å²) in [6, 6.07) is 16.5. The number of rotatable bonds is 1. The van der Waals surface area contributed by atoms with Crippen molar-refractivity contribution in [2.24, 2.45) is 0 Å². The van der Waals surface area contributed by atoms with Crippen LogP contribution < -0.4 is 5.32 Å². The Morgan fingerprint density at radius 1 is 0.952 bits per heavy atom. The first kappa shape index (κ1) is 13.3. The fraction of sp³-hybridized carbons (Fsp3) is 0.125. The molecule has 0 saturated heterocycles. The zero-order valence-electron chi connectivity index (χ0n) is 11.3. The van der Waals surface area contributed by atoms with E-state index in [2.05, 4.69) is 5.32 Å². The van der Waals surface area contributed by atoms with Crippen LogP contribution in [0, 0.1) is 0 Å². The number of carbonyl (C=O) groups is 2.